The van der Waals surface area contributed by atoms with Crippen LogP contribution in [0.15, 0.2) is 48.5 Å². The van der Waals surface area contributed by atoms with Gasteiger partial charge in [0.15, 0.2) is 0 Å². The maximum absolute atomic E-state index is 5.71. The molecular weight excluding hydrogens is 236 g/mol. The standard InChI is InChI=1S/C16H18N2O/c17-15-5-1-13(2-6-15)14-3-7-16(8-4-14)18-9-11-19-12-10-18/h1-8H,9-12,17H2. The highest BCUT2D eigenvalue weighted by Gasteiger charge is 2.10. The van der Waals surface area contributed by atoms with Crippen LogP contribution in [0.4, 0.5) is 11.4 Å². The predicted molar refractivity (Wildman–Crippen MR) is 79.3 cm³/mol. The highest BCUT2D eigenvalue weighted by atomic mass is 16.5. The highest BCUT2D eigenvalue weighted by molar-refractivity contribution is 5.67. The summed E-state index contributed by atoms with van der Waals surface area (Å²) >= 11 is 0. The minimum absolute atomic E-state index is 0.800. The maximum Gasteiger partial charge on any atom is 0.0642 e. The van der Waals surface area contributed by atoms with E-state index in [9.17, 15) is 0 Å². The Morgan fingerprint density at radius 2 is 1.32 bits per heavy atom. The van der Waals surface area contributed by atoms with Crippen molar-refractivity contribution in [3.63, 3.8) is 0 Å². The Hall–Kier alpha value is -2.00. The van der Waals surface area contributed by atoms with Crippen molar-refractivity contribution in [3.8, 4) is 11.1 Å². The molecule has 1 fully saturated rings. The Morgan fingerprint density at radius 3 is 1.89 bits per heavy atom. The summed E-state index contributed by atoms with van der Waals surface area (Å²) in [7, 11) is 0. The number of nitrogens with zero attached hydrogens (tertiary/aromatic N) is 1. The van der Waals surface area contributed by atoms with Gasteiger partial charge in [0, 0.05) is 24.5 Å². The van der Waals surface area contributed by atoms with E-state index in [1.807, 2.05) is 12.1 Å². The van der Waals surface area contributed by atoms with E-state index in [-0.39, 0.29) is 0 Å². The average molecular weight is 254 g/mol. The van der Waals surface area contributed by atoms with Crippen LogP contribution in [-0.4, -0.2) is 26.3 Å². The zero-order valence-corrected chi connectivity index (χ0v) is 10.9. The van der Waals surface area contributed by atoms with E-state index in [2.05, 4.69) is 41.3 Å². The minimum atomic E-state index is 0.800. The molecule has 2 aromatic carbocycles. The Labute approximate surface area is 113 Å². The topological polar surface area (TPSA) is 38.5 Å². The molecule has 0 aliphatic carbocycles. The lowest BCUT2D eigenvalue weighted by Gasteiger charge is -2.28. The monoisotopic (exact) mass is 254 g/mol. The Bertz CT molecular complexity index is 528. The summed E-state index contributed by atoms with van der Waals surface area (Å²) in [5.41, 5.74) is 10.2. The number of ether oxygens (including phenoxy) is 1. The molecule has 1 saturated heterocycles. The van der Waals surface area contributed by atoms with E-state index < -0.39 is 0 Å². The van der Waals surface area contributed by atoms with E-state index in [0.29, 0.717) is 0 Å². The molecule has 0 unspecified atom stereocenters. The molecular formula is C16H18N2O. The fraction of sp³-hybridized carbons (Fsp3) is 0.250. The lowest BCUT2D eigenvalue weighted by Crippen LogP contribution is -2.36. The summed E-state index contributed by atoms with van der Waals surface area (Å²) in [6, 6.07) is 16.7. The molecule has 3 rings (SSSR count). The number of benzene rings is 2. The molecule has 0 amide bonds. The van der Waals surface area contributed by atoms with Gasteiger partial charge in [0.1, 0.15) is 0 Å². The van der Waals surface area contributed by atoms with Gasteiger partial charge in [-0.05, 0) is 35.4 Å². The van der Waals surface area contributed by atoms with Crippen LogP contribution in [0.2, 0.25) is 0 Å². The number of hydrogen-bond donors (Lipinski definition) is 1. The SMILES string of the molecule is Nc1ccc(-c2ccc(N3CCOCC3)cc2)cc1. The summed E-state index contributed by atoms with van der Waals surface area (Å²) in [5.74, 6) is 0. The van der Waals surface area contributed by atoms with Gasteiger partial charge < -0.3 is 15.4 Å². The molecule has 0 radical (unpaired) electrons. The molecule has 2 N–H and O–H groups in total. The molecule has 0 bridgehead atoms. The second-order valence-corrected chi connectivity index (χ2v) is 4.77. The van der Waals surface area contributed by atoms with Gasteiger partial charge in [0.2, 0.25) is 0 Å². The molecule has 19 heavy (non-hydrogen) atoms. The summed E-state index contributed by atoms with van der Waals surface area (Å²) < 4.78 is 5.37. The quantitative estimate of drug-likeness (QED) is 0.837. The first kappa shape index (κ1) is 12.1. The van der Waals surface area contributed by atoms with E-state index in [1.54, 1.807) is 0 Å². The predicted octanol–water partition coefficient (Wildman–Crippen LogP) is 2.77. The first-order valence-corrected chi connectivity index (χ1v) is 6.61. The third kappa shape index (κ3) is 2.71. The molecule has 1 aliphatic heterocycles. The lowest BCUT2D eigenvalue weighted by molar-refractivity contribution is 0.122. The van der Waals surface area contributed by atoms with Crippen LogP contribution in [0.25, 0.3) is 11.1 Å². The number of rotatable bonds is 2. The van der Waals surface area contributed by atoms with Gasteiger partial charge in [-0.15, -0.1) is 0 Å². The van der Waals surface area contributed by atoms with Gasteiger partial charge in [0.05, 0.1) is 13.2 Å². The van der Waals surface area contributed by atoms with Crippen molar-refractivity contribution in [2.24, 2.45) is 0 Å². The number of nitrogen functional groups attached to an aromatic ring is 1. The summed E-state index contributed by atoms with van der Waals surface area (Å²) in [5, 5.41) is 0. The molecule has 98 valence electrons. The second kappa shape index (κ2) is 5.33. The van der Waals surface area contributed by atoms with Gasteiger partial charge in [-0.2, -0.15) is 0 Å². The van der Waals surface area contributed by atoms with E-state index in [1.165, 1.54) is 16.8 Å². The van der Waals surface area contributed by atoms with Crippen LogP contribution in [0, 0.1) is 0 Å². The number of nitrogens with two attached hydrogens (primary N) is 1. The Kier molecular flexibility index (Phi) is 3.38. The van der Waals surface area contributed by atoms with Crippen LogP contribution in [0.5, 0.6) is 0 Å². The fourth-order valence-electron chi connectivity index (χ4n) is 2.36. The van der Waals surface area contributed by atoms with Crippen LogP contribution in [0.3, 0.4) is 0 Å². The van der Waals surface area contributed by atoms with Crippen LogP contribution in [0.1, 0.15) is 0 Å². The van der Waals surface area contributed by atoms with Crippen LogP contribution < -0.4 is 10.6 Å². The van der Waals surface area contributed by atoms with Crippen molar-refractivity contribution >= 4 is 11.4 Å². The summed E-state index contributed by atoms with van der Waals surface area (Å²) in [6.07, 6.45) is 0. The van der Waals surface area contributed by atoms with E-state index in [4.69, 9.17) is 10.5 Å². The van der Waals surface area contributed by atoms with E-state index >= 15 is 0 Å². The van der Waals surface area contributed by atoms with Crippen molar-refractivity contribution < 1.29 is 4.74 Å². The van der Waals surface area contributed by atoms with Crippen molar-refractivity contribution in [1.29, 1.82) is 0 Å². The van der Waals surface area contributed by atoms with Crippen molar-refractivity contribution in [2.75, 3.05) is 36.9 Å². The van der Waals surface area contributed by atoms with E-state index in [0.717, 1.165) is 32.0 Å². The molecule has 0 spiro atoms. The molecule has 0 aromatic heterocycles. The van der Waals surface area contributed by atoms with Gasteiger partial charge in [-0.25, -0.2) is 0 Å². The molecule has 3 heteroatoms. The normalized spacial score (nSPS) is 15.5. The Balaban J connectivity index is 1.80. The molecule has 2 aromatic rings. The fourth-order valence-corrected chi connectivity index (χ4v) is 2.36. The first-order valence-electron chi connectivity index (χ1n) is 6.61. The maximum atomic E-state index is 5.71. The molecule has 1 aliphatic rings. The third-order valence-corrected chi connectivity index (χ3v) is 3.49. The molecule has 0 atom stereocenters. The number of morpholine rings is 1. The third-order valence-electron chi connectivity index (χ3n) is 3.49. The van der Waals surface area contributed by atoms with Gasteiger partial charge in [0.25, 0.3) is 0 Å². The smallest absolute Gasteiger partial charge is 0.0642 e. The number of anilines is 2. The van der Waals surface area contributed by atoms with Gasteiger partial charge >= 0.3 is 0 Å². The van der Waals surface area contributed by atoms with Crippen molar-refractivity contribution in [3.05, 3.63) is 48.5 Å². The average Bonchev–Trinajstić information content (AvgIpc) is 2.49. The van der Waals surface area contributed by atoms with Gasteiger partial charge in [-0.1, -0.05) is 24.3 Å². The minimum Gasteiger partial charge on any atom is -0.399 e. The summed E-state index contributed by atoms with van der Waals surface area (Å²) in [4.78, 5) is 2.36. The number of hydrogen-bond acceptors (Lipinski definition) is 3. The molecule has 0 saturated carbocycles. The summed E-state index contributed by atoms with van der Waals surface area (Å²) in [6.45, 7) is 3.59. The van der Waals surface area contributed by atoms with Gasteiger partial charge in [-0.3, -0.25) is 0 Å². The van der Waals surface area contributed by atoms with Crippen LogP contribution >= 0.6 is 0 Å². The van der Waals surface area contributed by atoms with Crippen molar-refractivity contribution in [2.45, 2.75) is 0 Å². The highest BCUT2D eigenvalue weighted by Crippen LogP contribution is 2.24. The lowest BCUT2D eigenvalue weighted by atomic mass is 10.0. The largest absolute Gasteiger partial charge is 0.399 e. The zero-order chi connectivity index (χ0) is 13.1. The molecule has 3 nitrogen and oxygen atoms in total. The van der Waals surface area contributed by atoms with Crippen molar-refractivity contribution in [1.82, 2.24) is 0 Å². The van der Waals surface area contributed by atoms with Crippen LogP contribution in [-0.2, 0) is 4.74 Å². The Morgan fingerprint density at radius 1 is 0.789 bits per heavy atom. The molecule has 1 heterocycles. The second-order valence-electron chi connectivity index (χ2n) is 4.77. The zero-order valence-electron chi connectivity index (χ0n) is 10.9. The first-order chi connectivity index (χ1) is 9.33.